The van der Waals surface area contributed by atoms with Crippen molar-refractivity contribution in [3.05, 3.63) is 60.8 Å². The minimum Gasteiger partial charge on any atom is -0.463 e. The molecule has 38 heavy (non-hydrogen) atoms. The number of phosphoric acid groups is 1. The lowest BCUT2D eigenvalue weighted by Gasteiger charge is -2.16. The first-order valence-electron chi connectivity index (χ1n) is 13.3. The minimum absolute atomic E-state index is 0.222. The third-order valence-electron chi connectivity index (χ3n) is 4.92. The van der Waals surface area contributed by atoms with Crippen molar-refractivity contribution in [2.24, 2.45) is 0 Å². The number of phosphoric ester groups is 1. The van der Waals surface area contributed by atoms with Gasteiger partial charge in [0.05, 0.1) is 19.8 Å². The van der Waals surface area contributed by atoms with E-state index in [-0.39, 0.29) is 13.0 Å². The molecule has 9 nitrogen and oxygen atoms in total. The third kappa shape index (κ3) is 25.8. The van der Waals surface area contributed by atoms with Crippen LogP contribution in [0.3, 0.4) is 0 Å². The van der Waals surface area contributed by atoms with Gasteiger partial charge in [-0.25, -0.2) is 4.57 Å². The van der Waals surface area contributed by atoms with Gasteiger partial charge in [-0.05, 0) is 51.4 Å². The largest absolute Gasteiger partial charge is 0.472 e. The Balaban J connectivity index is 3.69. The summed E-state index contributed by atoms with van der Waals surface area (Å²) in [4.78, 5) is 21.2. The van der Waals surface area contributed by atoms with Crippen LogP contribution in [-0.4, -0.2) is 64.8 Å². The third-order valence-corrected chi connectivity index (χ3v) is 5.87. The molecule has 0 saturated carbocycles. The first-order valence-corrected chi connectivity index (χ1v) is 14.8. The normalized spacial score (nSPS) is 15.8. The summed E-state index contributed by atoms with van der Waals surface area (Å²) >= 11 is 0. The van der Waals surface area contributed by atoms with Gasteiger partial charge in [-0.2, -0.15) is 0 Å². The van der Waals surface area contributed by atoms with Crippen LogP contribution in [0.15, 0.2) is 60.8 Å². The predicted molar refractivity (Wildman–Crippen MR) is 149 cm³/mol. The molecule has 0 aromatic rings. The van der Waals surface area contributed by atoms with Crippen LogP contribution in [0.4, 0.5) is 0 Å². The molecule has 10 heteroatoms. The highest BCUT2D eigenvalue weighted by molar-refractivity contribution is 7.47. The Labute approximate surface area is 227 Å². The van der Waals surface area contributed by atoms with Crippen molar-refractivity contribution in [1.29, 1.82) is 0 Å². The molecular weight excluding hydrogens is 511 g/mol. The van der Waals surface area contributed by atoms with E-state index < -0.39 is 45.8 Å². The number of unbranched alkanes of at least 4 members (excludes halogenated alkanes) is 3. The molecule has 0 rings (SSSR count). The van der Waals surface area contributed by atoms with Crippen molar-refractivity contribution in [1.82, 2.24) is 0 Å². The van der Waals surface area contributed by atoms with Gasteiger partial charge in [0.2, 0.25) is 0 Å². The topological polar surface area (TPSA) is 143 Å². The van der Waals surface area contributed by atoms with Gasteiger partial charge in [-0.1, -0.05) is 74.1 Å². The van der Waals surface area contributed by atoms with Crippen LogP contribution < -0.4 is 0 Å². The van der Waals surface area contributed by atoms with Crippen LogP contribution >= 0.6 is 7.82 Å². The smallest absolute Gasteiger partial charge is 0.463 e. The molecule has 4 N–H and O–H groups in total. The summed E-state index contributed by atoms with van der Waals surface area (Å²) in [6.45, 7) is -0.0754. The Morgan fingerprint density at radius 2 is 1.24 bits per heavy atom. The van der Waals surface area contributed by atoms with Crippen LogP contribution in [0.25, 0.3) is 0 Å². The highest BCUT2D eigenvalue weighted by Gasteiger charge is 2.24. The number of ether oxygens (including phenoxy) is 1. The molecule has 0 aromatic heterocycles. The zero-order valence-corrected chi connectivity index (χ0v) is 23.5. The van der Waals surface area contributed by atoms with Gasteiger partial charge in [0.25, 0.3) is 0 Å². The summed E-state index contributed by atoms with van der Waals surface area (Å²) in [5.74, 6) is -0.464. The number of rotatable bonds is 24. The van der Waals surface area contributed by atoms with Crippen LogP contribution in [0.5, 0.6) is 0 Å². The molecule has 0 saturated heterocycles. The summed E-state index contributed by atoms with van der Waals surface area (Å²) in [5, 5.41) is 27.4. The SMILES string of the molecule is CC/C=C\C/C=C\C/C=C\C/C=C\C/C=C\CCCCCC(=O)OC[C@@H](O)COP(=O)(O)OC[C@@H](O)CO. The lowest BCUT2D eigenvalue weighted by atomic mass is 10.1. The maximum absolute atomic E-state index is 11.8. The van der Waals surface area contributed by atoms with Gasteiger partial charge in [-0.15, -0.1) is 0 Å². The van der Waals surface area contributed by atoms with E-state index in [0.717, 1.165) is 51.4 Å². The van der Waals surface area contributed by atoms with Gasteiger partial charge in [-0.3, -0.25) is 13.8 Å². The van der Waals surface area contributed by atoms with E-state index in [2.05, 4.69) is 76.7 Å². The van der Waals surface area contributed by atoms with Gasteiger partial charge in [0.15, 0.2) is 0 Å². The molecule has 0 aliphatic carbocycles. The highest BCUT2D eigenvalue weighted by atomic mass is 31.2. The van der Waals surface area contributed by atoms with E-state index in [1.807, 2.05) is 0 Å². The van der Waals surface area contributed by atoms with E-state index in [4.69, 9.17) is 14.9 Å². The van der Waals surface area contributed by atoms with E-state index in [0.29, 0.717) is 6.42 Å². The average molecular weight is 559 g/mol. The molecule has 3 atom stereocenters. The number of aliphatic hydroxyl groups excluding tert-OH is 3. The summed E-state index contributed by atoms with van der Waals surface area (Å²) < 4.78 is 25.5. The average Bonchev–Trinajstić information content (AvgIpc) is 2.90. The molecule has 0 amide bonds. The van der Waals surface area contributed by atoms with Crippen molar-refractivity contribution in [3.63, 3.8) is 0 Å². The molecule has 0 radical (unpaired) electrons. The molecule has 0 aromatic carbocycles. The molecule has 0 aliphatic rings. The molecule has 1 unspecified atom stereocenters. The second-order valence-electron chi connectivity index (χ2n) is 8.54. The van der Waals surface area contributed by atoms with Crippen LogP contribution in [0, 0.1) is 0 Å². The lowest BCUT2D eigenvalue weighted by molar-refractivity contribution is -0.147. The summed E-state index contributed by atoms with van der Waals surface area (Å²) in [7, 11) is -4.50. The number of carbonyl (C=O) groups is 1. The van der Waals surface area contributed by atoms with Crippen molar-refractivity contribution in [2.75, 3.05) is 26.4 Å². The number of aliphatic hydroxyl groups is 3. The second-order valence-corrected chi connectivity index (χ2v) is 9.99. The fourth-order valence-electron chi connectivity index (χ4n) is 2.84. The summed E-state index contributed by atoms with van der Waals surface area (Å²) in [5.41, 5.74) is 0. The number of esters is 1. The zero-order valence-electron chi connectivity index (χ0n) is 22.6. The molecule has 0 bridgehead atoms. The van der Waals surface area contributed by atoms with Crippen molar-refractivity contribution in [2.45, 2.75) is 83.3 Å². The summed E-state index contributed by atoms with van der Waals surface area (Å²) in [6.07, 6.45) is 27.6. The summed E-state index contributed by atoms with van der Waals surface area (Å²) in [6, 6.07) is 0. The molecular formula is C28H47O9P. The van der Waals surface area contributed by atoms with Crippen molar-refractivity contribution in [3.8, 4) is 0 Å². The molecule has 0 fully saturated rings. The van der Waals surface area contributed by atoms with Crippen LogP contribution in [-0.2, 0) is 23.1 Å². The number of hydrogen-bond donors (Lipinski definition) is 4. The van der Waals surface area contributed by atoms with Crippen LogP contribution in [0.1, 0.15) is 71.1 Å². The van der Waals surface area contributed by atoms with Gasteiger partial charge in [0, 0.05) is 6.42 Å². The fraction of sp³-hybridized carbons (Fsp3) is 0.607. The minimum atomic E-state index is -4.50. The van der Waals surface area contributed by atoms with E-state index in [1.54, 1.807) is 0 Å². The monoisotopic (exact) mass is 558 g/mol. The Morgan fingerprint density at radius 1 is 0.737 bits per heavy atom. The fourth-order valence-corrected chi connectivity index (χ4v) is 3.63. The first kappa shape index (κ1) is 36.2. The van der Waals surface area contributed by atoms with E-state index >= 15 is 0 Å². The first-order chi connectivity index (χ1) is 18.3. The number of hydrogen-bond acceptors (Lipinski definition) is 8. The zero-order chi connectivity index (χ0) is 28.3. The standard InChI is InChI=1S/C28H47O9P/c1-2-3-4-5-6-7-8-9-10-11-12-13-14-15-16-17-18-19-20-21-28(32)35-23-27(31)25-37-38(33,34)36-24-26(30)22-29/h3-4,6-7,9-10,12-13,15-16,26-27,29-31H,2,5,8,11,14,17-25H2,1H3,(H,33,34)/b4-3-,7-6-,10-9-,13-12-,16-15-/t26-,27+/m0/s1. The number of carbonyl (C=O) groups excluding carboxylic acids is 1. The molecule has 0 spiro atoms. The predicted octanol–water partition coefficient (Wildman–Crippen LogP) is 5.08. The van der Waals surface area contributed by atoms with Crippen molar-refractivity contribution < 1.29 is 43.4 Å². The quantitative estimate of drug-likeness (QED) is 0.0552. The van der Waals surface area contributed by atoms with Gasteiger partial charge in [0.1, 0.15) is 18.8 Å². The number of allylic oxidation sites excluding steroid dienone is 10. The van der Waals surface area contributed by atoms with E-state index in [1.165, 1.54) is 0 Å². The Kier molecular flexibility index (Phi) is 24.2. The Bertz CT molecular complexity index is 774. The van der Waals surface area contributed by atoms with Crippen molar-refractivity contribution >= 4 is 13.8 Å². The maximum atomic E-state index is 11.8. The molecule has 0 aliphatic heterocycles. The van der Waals surface area contributed by atoms with Gasteiger partial charge < -0.3 is 24.9 Å². The van der Waals surface area contributed by atoms with Gasteiger partial charge >= 0.3 is 13.8 Å². The van der Waals surface area contributed by atoms with Crippen LogP contribution in [0.2, 0.25) is 0 Å². The molecule has 0 heterocycles. The highest BCUT2D eigenvalue weighted by Crippen LogP contribution is 2.43. The molecule has 218 valence electrons. The lowest BCUT2D eigenvalue weighted by Crippen LogP contribution is -2.24. The maximum Gasteiger partial charge on any atom is 0.472 e. The second kappa shape index (κ2) is 25.4. The Hall–Kier alpha value is -1.84. The Morgan fingerprint density at radius 3 is 1.76 bits per heavy atom. The van der Waals surface area contributed by atoms with E-state index in [9.17, 15) is 19.4 Å².